The molecule has 0 amide bonds. The predicted molar refractivity (Wildman–Crippen MR) is 76.8 cm³/mol. The van der Waals surface area contributed by atoms with Gasteiger partial charge in [0.1, 0.15) is 0 Å². The highest BCUT2D eigenvalue weighted by Crippen LogP contribution is 2.14. The number of carbonyl (C=O) groups is 1. The molecule has 0 aromatic carbocycles. The summed E-state index contributed by atoms with van der Waals surface area (Å²) in [4.78, 5) is 14.1. The first-order chi connectivity index (χ1) is 9.24. The van der Waals surface area contributed by atoms with Crippen molar-refractivity contribution in [2.75, 3.05) is 6.61 Å². The van der Waals surface area contributed by atoms with Crippen LogP contribution in [0.3, 0.4) is 0 Å². The molecule has 110 valence electrons. The van der Waals surface area contributed by atoms with E-state index in [1.165, 1.54) is 32.1 Å². The Labute approximate surface area is 116 Å². The zero-order valence-corrected chi connectivity index (χ0v) is 12.3. The van der Waals surface area contributed by atoms with Gasteiger partial charge in [-0.1, -0.05) is 50.6 Å². The molecule has 0 saturated carbocycles. The minimum Gasteiger partial charge on any atom is -0.466 e. The van der Waals surface area contributed by atoms with Gasteiger partial charge in [-0.15, -0.1) is 0 Å². The largest absolute Gasteiger partial charge is 0.466 e. The average molecular weight is 269 g/mol. The van der Waals surface area contributed by atoms with Gasteiger partial charge in [0.05, 0.1) is 6.61 Å². The lowest BCUT2D eigenvalue weighted by atomic mass is 10.0. The fourth-order valence-corrected chi connectivity index (χ4v) is 2.01. The van der Waals surface area contributed by atoms with Crippen LogP contribution in [-0.4, -0.2) is 18.6 Å². The molecule has 5 heteroatoms. The average Bonchev–Trinajstić information content (AvgIpc) is 2.40. The van der Waals surface area contributed by atoms with Crippen molar-refractivity contribution in [2.24, 2.45) is 5.11 Å². The lowest BCUT2D eigenvalue weighted by Crippen LogP contribution is -2.10. The molecule has 0 N–H and O–H groups in total. The van der Waals surface area contributed by atoms with Gasteiger partial charge in [-0.25, -0.2) is 0 Å². The molecule has 1 unspecified atom stereocenters. The van der Waals surface area contributed by atoms with E-state index in [0.29, 0.717) is 19.4 Å². The van der Waals surface area contributed by atoms with E-state index in [0.717, 1.165) is 12.8 Å². The Morgan fingerprint density at radius 3 is 2.47 bits per heavy atom. The normalized spacial score (nSPS) is 11.7. The third-order valence-corrected chi connectivity index (χ3v) is 3.09. The number of hydrogen-bond acceptors (Lipinski definition) is 3. The molecule has 0 bridgehead atoms. The number of rotatable bonds is 12. The Balaban J connectivity index is 3.74. The van der Waals surface area contributed by atoms with Crippen LogP contribution >= 0.6 is 0 Å². The Bertz CT molecular complexity index is 276. The van der Waals surface area contributed by atoms with Crippen LogP contribution in [0.5, 0.6) is 0 Å². The molecule has 0 fully saturated rings. The Kier molecular flexibility index (Phi) is 12.4. The van der Waals surface area contributed by atoms with Gasteiger partial charge in [0.2, 0.25) is 0 Å². The summed E-state index contributed by atoms with van der Waals surface area (Å²) in [5.74, 6) is -0.205. The van der Waals surface area contributed by atoms with Gasteiger partial charge in [-0.3, -0.25) is 4.79 Å². The van der Waals surface area contributed by atoms with Crippen LogP contribution in [0.2, 0.25) is 0 Å². The molecule has 19 heavy (non-hydrogen) atoms. The molecule has 0 aliphatic carbocycles. The molecule has 0 aliphatic heterocycles. The van der Waals surface area contributed by atoms with Crippen molar-refractivity contribution in [2.45, 2.75) is 77.7 Å². The molecule has 0 rings (SSSR count). The second-order valence-electron chi connectivity index (χ2n) is 4.76. The number of hydrogen-bond donors (Lipinski definition) is 0. The van der Waals surface area contributed by atoms with Crippen molar-refractivity contribution >= 4 is 5.97 Å². The quantitative estimate of drug-likeness (QED) is 0.168. The molecule has 0 spiro atoms. The first-order valence-electron chi connectivity index (χ1n) is 7.44. The van der Waals surface area contributed by atoms with Gasteiger partial charge in [0.15, 0.2) is 0 Å². The number of unbranched alkanes of at least 4 members (excludes halogenated alkanes) is 5. The highest BCUT2D eigenvalue weighted by molar-refractivity contribution is 5.69. The highest BCUT2D eigenvalue weighted by atomic mass is 16.5. The minimum atomic E-state index is -0.205. The number of azide groups is 1. The summed E-state index contributed by atoms with van der Waals surface area (Å²) in [5, 5.41) is 3.76. The summed E-state index contributed by atoms with van der Waals surface area (Å²) in [6.07, 6.45) is 9.12. The zero-order valence-electron chi connectivity index (χ0n) is 12.3. The lowest BCUT2D eigenvalue weighted by molar-refractivity contribution is -0.143. The van der Waals surface area contributed by atoms with E-state index in [-0.39, 0.29) is 12.0 Å². The monoisotopic (exact) mass is 269 g/mol. The molecule has 0 heterocycles. The smallest absolute Gasteiger partial charge is 0.305 e. The molecular weight excluding hydrogens is 242 g/mol. The van der Waals surface area contributed by atoms with Crippen molar-refractivity contribution in [3.05, 3.63) is 10.4 Å². The van der Waals surface area contributed by atoms with Crippen LogP contribution in [0.25, 0.3) is 10.4 Å². The van der Waals surface area contributed by atoms with E-state index in [4.69, 9.17) is 10.3 Å². The van der Waals surface area contributed by atoms with Crippen molar-refractivity contribution in [1.82, 2.24) is 0 Å². The van der Waals surface area contributed by atoms with Crippen LogP contribution in [0.15, 0.2) is 5.11 Å². The van der Waals surface area contributed by atoms with Gasteiger partial charge in [-0.05, 0) is 25.3 Å². The van der Waals surface area contributed by atoms with E-state index in [9.17, 15) is 4.79 Å². The molecular formula is C14H27N3O2. The maximum absolute atomic E-state index is 11.2. The summed E-state index contributed by atoms with van der Waals surface area (Å²) < 4.78 is 4.87. The van der Waals surface area contributed by atoms with Crippen LogP contribution in [-0.2, 0) is 9.53 Å². The fourth-order valence-electron chi connectivity index (χ4n) is 2.01. The first kappa shape index (κ1) is 17.8. The van der Waals surface area contributed by atoms with Gasteiger partial charge in [0.25, 0.3) is 0 Å². The first-order valence-corrected chi connectivity index (χ1v) is 7.44. The van der Waals surface area contributed by atoms with E-state index in [1.807, 2.05) is 0 Å². The topological polar surface area (TPSA) is 75.1 Å². The van der Waals surface area contributed by atoms with Gasteiger partial charge >= 0.3 is 5.97 Å². The molecule has 1 atom stereocenters. The SMILES string of the molecule is CCCCCCCCC(CCC(=O)OCC)N=[N+]=[N-]. The Hall–Kier alpha value is -1.22. The number of nitrogens with zero attached hydrogens (tertiary/aromatic N) is 3. The highest BCUT2D eigenvalue weighted by Gasteiger charge is 2.10. The van der Waals surface area contributed by atoms with Gasteiger partial charge in [0, 0.05) is 17.4 Å². The minimum absolute atomic E-state index is 0.0689. The molecule has 0 radical (unpaired) electrons. The number of esters is 1. The summed E-state index contributed by atoms with van der Waals surface area (Å²) in [6, 6.07) is -0.0689. The van der Waals surface area contributed by atoms with Crippen molar-refractivity contribution < 1.29 is 9.53 Å². The summed E-state index contributed by atoms with van der Waals surface area (Å²) in [6.45, 7) is 4.40. The van der Waals surface area contributed by atoms with Crippen LogP contribution in [0.4, 0.5) is 0 Å². The standard InChI is InChI=1S/C14H27N3O2/c1-3-5-6-7-8-9-10-13(16-17-15)11-12-14(18)19-4-2/h13H,3-12H2,1-2H3. The lowest BCUT2D eigenvalue weighted by Gasteiger charge is -2.10. The summed E-state index contributed by atoms with van der Waals surface area (Å²) in [7, 11) is 0. The zero-order chi connectivity index (χ0) is 14.3. The van der Waals surface area contributed by atoms with Crippen LogP contribution in [0.1, 0.15) is 71.6 Å². The maximum atomic E-state index is 11.2. The van der Waals surface area contributed by atoms with E-state index in [2.05, 4.69) is 16.9 Å². The Morgan fingerprint density at radius 1 is 1.16 bits per heavy atom. The van der Waals surface area contributed by atoms with E-state index < -0.39 is 0 Å². The molecule has 5 nitrogen and oxygen atoms in total. The van der Waals surface area contributed by atoms with Crippen molar-refractivity contribution in [3.8, 4) is 0 Å². The molecule has 0 aromatic heterocycles. The molecule has 0 aliphatic rings. The summed E-state index contributed by atoms with van der Waals surface area (Å²) >= 11 is 0. The van der Waals surface area contributed by atoms with Crippen LogP contribution in [0, 0.1) is 0 Å². The number of ether oxygens (including phenoxy) is 1. The van der Waals surface area contributed by atoms with Gasteiger partial charge in [-0.2, -0.15) is 0 Å². The maximum Gasteiger partial charge on any atom is 0.305 e. The van der Waals surface area contributed by atoms with Crippen molar-refractivity contribution in [1.29, 1.82) is 0 Å². The van der Waals surface area contributed by atoms with Crippen LogP contribution < -0.4 is 0 Å². The second kappa shape index (κ2) is 13.2. The summed E-state index contributed by atoms with van der Waals surface area (Å²) in [5.41, 5.74) is 8.52. The number of carbonyl (C=O) groups excluding carboxylic acids is 1. The fraction of sp³-hybridized carbons (Fsp3) is 0.929. The van der Waals surface area contributed by atoms with E-state index in [1.54, 1.807) is 6.92 Å². The Morgan fingerprint density at radius 2 is 1.84 bits per heavy atom. The molecule has 0 aromatic rings. The van der Waals surface area contributed by atoms with Crippen molar-refractivity contribution in [3.63, 3.8) is 0 Å². The third-order valence-electron chi connectivity index (χ3n) is 3.09. The third kappa shape index (κ3) is 11.6. The predicted octanol–water partition coefficient (Wildman–Crippen LogP) is 4.76. The van der Waals surface area contributed by atoms with Gasteiger partial charge < -0.3 is 4.74 Å². The second-order valence-corrected chi connectivity index (χ2v) is 4.76. The van der Waals surface area contributed by atoms with E-state index >= 15 is 0 Å². The molecule has 0 saturated heterocycles.